The summed E-state index contributed by atoms with van der Waals surface area (Å²) in [5.41, 5.74) is 0.913. The Morgan fingerprint density at radius 1 is 1.32 bits per heavy atom. The van der Waals surface area contributed by atoms with E-state index >= 15 is 0 Å². The molecule has 0 spiro atoms. The van der Waals surface area contributed by atoms with Crippen LogP contribution >= 0.6 is 11.6 Å². The largest absolute Gasteiger partial charge is 0.391 e. The first-order chi connectivity index (χ1) is 10.6. The van der Waals surface area contributed by atoms with E-state index in [0.717, 1.165) is 13.0 Å². The summed E-state index contributed by atoms with van der Waals surface area (Å²) in [6.45, 7) is 3.25. The monoisotopic (exact) mass is 319 g/mol. The normalized spacial score (nSPS) is 21.9. The van der Waals surface area contributed by atoms with Crippen LogP contribution in [0.25, 0.3) is 5.69 Å². The Morgan fingerprint density at radius 3 is 2.73 bits per heavy atom. The molecule has 3 rings (SSSR count). The van der Waals surface area contributed by atoms with Gasteiger partial charge in [-0.2, -0.15) is 9.78 Å². The molecule has 6 heteroatoms. The van der Waals surface area contributed by atoms with Gasteiger partial charge in [0.1, 0.15) is 5.02 Å². The van der Waals surface area contributed by atoms with Gasteiger partial charge in [0.2, 0.25) is 0 Å². The number of hydrogen-bond donors (Lipinski definition) is 1. The molecule has 0 aliphatic carbocycles. The predicted octanol–water partition coefficient (Wildman–Crippen LogP) is 2.09. The molecule has 0 radical (unpaired) electrons. The number of piperidine rings is 1. The maximum atomic E-state index is 12.5. The van der Waals surface area contributed by atoms with Crippen molar-refractivity contribution in [3.63, 3.8) is 0 Å². The van der Waals surface area contributed by atoms with Crippen molar-refractivity contribution in [2.24, 2.45) is 5.92 Å². The molecule has 2 heterocycles. The van der Waals surface area contributed by atoms with E-state index in [2.05, 4.69) is 5.10 Å². The molecular weight excluding hydrogens is 302 g/mol. The Balaban J connectivity index is 1.96. The SMILES string of the molecule is CC1CCN(c2cnn(-c3ccccc3)c(=O)c2Cl)CC1O. The molecule has 5 nitrogen and oxygen atoms in total. The van der Waals surface area contributed by atoms with E-state index in [1.807, 2.05) is 30.0 Å². The number of para-hydroxylation sites is 1. The van der Waals surface area contributed by atoms with Crippen molar-refractivity contribution >= 4 is 17.3 Å². The fourth-order valence-corrected chi connectivity index (χ4v) is 2.91. The first kappa shape index (κ1) is 15.1. The molecule has 22 heavy (non-hydrogen) atoms. The molecular formula is C16H18ClN3O2. The molecule has 1 aliphatic rings. The molecule has 1 fully saturated rings. The molecule has 2 unspecified atom stereocenters. The van der Waals surface area contributed by atoms with Crippen LogP contribution in [0, 0.1) is 5.92 Å². The zero-order chi connectivity index (χ0) is 15.7. The highest BCUT2D eigenvalue weighted by Crippen LogP contribution is 2.27. The van der Waals surface area contributed by atoms with Gasteiger partial charge in [-0.15, -0.1) is 0 Å². The third kappa shape index (κ3) is 2.74. The molecule has 1 aromatic heterocycles. The van der Waals surface area contributed by atoms with Gasteiger partial charge in [-0.25, -0.2) is 0 Å². The van der Waals surface area contributed by atoms with E-state index in [1.54, 1.807) is 18.3 Å². The molecule has 1 N–H and O–H groups in total. The molecule has 0 bridgehead atoms. The van der Waals surface area contributed by atoms with Crippen molar-refractivity contribution in [2.45, 2.75) is 19.4 Å². The van der Waals surface area contributed by atoms with E-state index in [1.165, 1.54) is 4.68 Å². The van der Waals surface area contributed by atoms with Crippen LogP contribution in [0.15, 0.2) is 41.3 Å². The molecule has 1 aromatic carbocycles. The van der Waals surface area contributed by atoms with Gasteiger partial charge in [0, 0.05) is 13.1 Å². The van der Waals surface area contributed by atoms with Gasteiger partial charge < -0.3 is 10.0 Å². The number of rotatable bonds is 2. The highest BCUT2D eigenvalue weighted by molar-refractivity contribution is 6.33. The van der Waals surface area contributed by atoms with Crippen LogP contribution < -0.4 is 10.5 Å². The number of aliphatic hydroxyl groups excluding tert-OH is 1. The molecule has 1 saturated heterocycles. The van der Waals surface area contributed by atoms with E-state index in [9.17, 15) is 9.90 Å². The lowest BCUT2D eigenvalue weighted by Crippen LogP contribution is -2.43. The Kier molecular flexibility index (Phi) is 4.18. The first-order valence-corrected chi connectivity index (χ1v) is 7.72. The lowest BCUT2D eigenvalue weighted by Gasteiger charge is -2.35. The summed E-state index contributed by atoms with van der Waals surface area (Å²) in [7, 11) is 0. The molecule has 0 amide bonds. The number of aliphatic hydroxyl groups is 1. The molecule has 0 saturated carbocycles. The maximum Gasteiger partial charge on any atom is 0.292 e. The van der Waals surface area contributed by atoms with Crippen molar-refractivity contribution < 1.29 is 5.11 Å². The zero-order valence-electron chi connectivity index (χ0n) is 12.3. The molecule has 1 aliphatic heterocycles. The zero-order valence-corrected chi connectivity index (χ0v) is 13.1. The second kappa shape index (κ2) is 6.10. The van der Waals surface area contributed by atoms with Crippen molar-refractivity contribution in [3.8, 4) is 5.69 Å². The second-order valence-electron chi connectivity index (χ2n) is 5.68. The van der Waals surface area contributed by atoms with Gasteiger partial charge in [0.25, 0.3) is 5.56 Å². The third-order valence-corrected chi connectivity index (χ3v) is 4.52. The van der Waals surface area contributed by atoms with Gasteiger partial charge in [-0.1, -0.05) is 36.7 Å². The van der Waals surface area contributed by atoms with Crippen LogP contribution in [0.5, 0.6) is 0 Å². The number of β-amino-alcohol motifs (C(OH)–C–C–N with tert-alkyl or cyclic N) is 1. The lowest BCUT2D eigenvalue weighted by atomic mass is 9.96. The number of hydrogen-bond acceptors (Lipinski definition) is 4. The first-order valence-electron chi connectivity index (χ1n) is 7.34. The topological polar surface area (TPSA) is 58.4 Å². The highest BCUT2D eigenvalue weighted by Gasteiger charge is 2.26. The number of anilines is 1. The fourth-order valence-electron chi connectivity index (χ4n) is 2.67. The summed E-state index contributed by atoms with van der Waals surface area (Å²) >= 11 is 6.27. The standard InChI is InChI=1S/C16H18ClN3O2/c1-11-7-8-19(10-14(11)21)13-9-18-20(16(22)15(13)17)12-5-3-2-4-6-12/h2-6,9,11,14,21H,7-8,10H2,1H3. The smallest absolute Gasteiger partial charge is 0.292 e. The van der Waals surface area contributed by atoms with E-state index in [-0.39, 0.29) is 16.5 Å². The summed E-state index contributed by atoms with van der Waals surface area (Å²) in [4.78, 5) is 14.4. The van der Waals surface area contributed by atoms with Crippen LogP contribution in [0.1, 0.15) is 13.3 Å². The Hall–Kier alpha value is -1.85. The molecule has 116 valence electrons. The van der Waals surface area contributed by atoms with Crippen LogP contribution in [0.4, 0.5) is 5.69 Å². The number of nitrogens with zero attached hydrogens (tertiary/aromatic N) is 3. The average molecular weight is 320 g/mol. The van der Waals surface area contributed by atoms with Gasteiger partial charge >= 0.3 is 0 Å². The van der Waals surface area contributed by atoms with E-state index < -0.39 is 6.10 Å². The van der Waals surface area contributed by atoms with E-state index in [0.29, 0.717) is 17.9 Å². The van der Waals surface area contributed by atoms with Gasteiger partial charge in [-0.05, 0) is 24.5 Å². The molecule has 2 aromatic rings. The third-order valence-electron chi connectivity index (χ3n) is 4.16. The van der Waals surface area contributed by atoms with Crippen LogP contribution in [0.3, 0.4) is 0 Å². The van der Waals surface area contributed by atoms with Crippen molar-refractivity contribution in [2.75, 3.05) is 18.0 Å². The van der Waals surface area contributed by atoms with Gasteiger partial charge in [0.15, 0.2) is 0 Å². The fraction of sp³-hybridized carbons (Fsp3) is 0.375. The Bertz CT molecular complexity index is 717. The van der Waals surface area contributed by atoms with Gasteiger partial charge in [-0.3, -0.25) is 4.79 Å². The minimum Gasteiger partial charge on any atom is -0.391 e. The highest BCUT2D eigenvalue weighted by atomic mass is 35.5. The summed E-state index contributed by atoms with van der Waals surface area (Å²) in [5.74, 6) is 0.257. The predicted molar refractivity (Wildman–Crippen MR) is 86.8 cm³/mol. The van der Waals surface area contributed by atoms with Crippen molar-refractivity contribution in [1.82, 2.24) is 9.78 Å². The average Bonchev–Trinajstić information content (AvgIpc) is 2.54. The number of benzene rings is 1. The summed E-state index contributed by atoms with van der Waals surface area (Å²) in [6, 6.07) is 9.16. The maximum absolute atomic E-state index is 12.5. The quantitative estimate of drug-likeness (QED) is 0.921. The minimum atomic E-state index is -0.415. The second-order valence-corrected chi connectivity index (χ2v) is 6.05. The molecule has 2 atom stereocenters. The van der Waals surface area contributed by atoms with Crippen molar-refractivity contribution in [3.05, 3.63) is 51.9 Å². The van der Waals surface area contributed by atoms with E-state index in [4.69, 9.17) is 11.6 Å². The van der Waals surface area contributed by atoms with Crippen LogP contribution in [-0.4, -0.2) is 34.1 Å². The summed E-state index contributed by atoms with van der Waals surface area (Å²) in [6.07, 6.45) is 2.04. The lowest BCUT2D eigenvalue weighted by molar-refractivity contribution is 0.103. The van der Waals surface area contributed by atoms with Crippen LogP contribution in [-0.2, 0) is 0 Å². The van der Waals surface area contributed by atoms with Crippen molar-refractivity contribution in [1.29, 1.82) is 0 Å². The van der Waals surface area contributed by atoms with Gasteiger partial charge in [0.05, 0.1) is 23.7 Å². The Labute approximate surface area is 133 Å². The Morgan fingerprint density at radius 2 is 2.05 bits per heavy atom. The number of aromatic nitrogens is 2. The minimum absolute atomic E-state index is 0.139. The summed E-state index contributed by atoms with van der Waals surface area (Å²) in [5, 5.41) is 14.4. The number of halogens is 1. The summed E-state index contributed by atoms with van der Waals surface area (Å²) < 4.78 is 1.29. The van der Waals surface area contributed by atoms with Crippen LogP contribution in [0.2, 0.25) is 5.02 Å².